The van der Waals surface area contributed by atoms with Crippen molar-refractivity contribution in [2.75, 3.05) is 5.43 Å². The summed E-state index contributed by atoms with van der Waals surface area (Å²) in [6.45, 7) is 0. The molecular weight excluding hydrogens is 254 g/mol. The highest BCUT2D eigenvalue weighted by atomic mass is 32.1. The first-order valence-electron chi connectivity index (χ1n) is 5.01. The van der Waals surface area contributed by atoms with Crippen LogP contribution in [-0.2, 0) is 0 Å². The Hall–Kier alpha value is -2.41. The van der Waals surface area contributed by atoms with Crippen LogP contribution in [0.25, 0.3) is 0 Å². The Balaban J connectivity index is 1.94. The molecule has 6 nitrogen and oxygen atoms in total. The van der Waals surface area contributed by atoms with Crippen molar-refractivity contribution in [3.8, 4) is 0 Å². The fourth-order valence-electron chi connectivity index (χ4n) is 1.26. The summed E-state index contributed by atoms with van der Waals surface area (Å²) in [4.78, 5) is 22.1. The highest BCUT2D eigenvalue weighted by Gasteiger charge is 2.06. The molecule has 7 heteroatoms. The Bertz CT molecular complexity index is 551. The van der Waals surface area contributed by atoms with Crippen molar-refractivity contribution in [2.24, 2.45) is 0 Å². The summed E-state index contributed by atoms with van der Waals surface area (Å²) in [7, 11) is 0. The number of rotatable bonds is 4. The van der Waals surface area contributed by atoms with Gasteiger partial charge in [-0.1, -0.05) is 6.07 Å². The van der Waals surface area contributed by atoms with Crippen LogP contribution in [-0.4, -0.2) is 10.8 Å². The van der Waals surface area contributed by atoms with E-state index in [1.54, 1.807) is 17.5 Å². The van der Waals surface area contributed by atoms with Crippen LogP contribution in [0, 0.1) is 10.1 Å². The van der Waals surface area contributed by atoms with Crippen LogP contribution in [0.5, 0.6) is 0 Å². The number of thiophene rings is 1. The molecule has 0 fully saturated rings. The standard InChI is InChI=1S/C11H9N3O3S/c15-11(10-2-1-7-18-10)13-12-8-3-5-9(6-4-8)14(16)17/h1-7,12H,(H,13,15). The molecule has 0 aliphatic carbocycles. The zero-order valence-corrected chi connectivity index (χ0v) is 9.94. The van der Waals surface area contributed by atoms with Gasteiger partial charge < -0.3 is 0 Å². The van der Waals surface area contributed by atoms with Gasteiger partial charge in [0.05, 0.1) is 15.5 Å². The Labute approximate surface area is 106 Å². The van der Waals surface area contributed by atoms with Crippen LogP contribution < -0.4 is 10.9 Å². The van der Waals surface area contributed by atoms with E-state index in [0.29, 0.717) is 10.6 Å². The van der Waals surface area contributed by atoms with Crippen molar-refractivity contribution < 1.29 is 9.72 Å². The van der Waals surface area contributed by atoms with Crippen LogP contribution >= 0.6 is 11.3 Å². The summed E-state index contributed by atoms with van der Waals surface area (Å²) in [5.74, 6) is -0.247. The topological polar surface area (TPSA) is 84.3 Å². The second-order valence-corrected chi connectivity index (χ2v) is 4.31. The van der Waals surface area contributed by atoms with Gasteiger partial charge in [0.15, 0.2) is 0 Å². The third-order valence-corrected chi connectivity index (χ3v) is 3.01. The average Bonchev–Trinajstić information content (AvgIpc) is 2.90. The van der Waals surface area contributed by atoms with Crippen molar-refractivity contribution >= 4 is 28.6 Å². The number of anilines is 1. The summed E-state index contributed by atoms with van der Waals surface area (Å²) < 4.78 is 0. The van der Waals surface area contributed by atoms with Gasteiger partial charge >= 0.3 is 0 Å². The molecule has 0 aliphatic rings. The highest BCUT2D eigenvalue weighted by Crippen LogP contribution is 2.15. The fourth-order valence-corrected chi connectivity index (χ4v) is 1.88. The first kappa shape index (κ1) is 12.1. The normalized spacial score (nSPS) is 9.78. The van der Waals surface area contributed by atoms with Gasteiger partial charge in [-0.15, -0.1) is 11.3 Å². The first-order valence-corrected chi connectivity index (χ1v) is 5.89. The number of carbonyl (C=O) groups is 1. The second kappa shape index (κ2) is 5.28. The van der Waals surface area contributed by atoms with Gasteiger partial charge in [-0.2, -0.15) is 0 Å². The number of hydrazine groups is 1. The van der Waals surface area contributed by atoms with Gasteiger partial charge in [0.2, 0.25) is 0 Å². The van der Waals surface area contributed by atoms with E-state index in [1.165, 1.54) is 35.6 Å². The Kier molecular flexibility index (Phi) is 3.54. The molecular formula is C11H9N3O3S. The van der Waals surface area contributed by atoms with Gasteiger partial charge in [0, 0.05) is 12.1 Å². The molecule has 1 aromatic heterocycles. The largest absolute Gasteiger partial charge is 0.298 e. The lowest BCUT2D eigenvalue weighted by Crippen LogP contribution is -2.28. The predicted octanol–water partition coefficient (Wildman–Crippen LogP) is 2.41. The van der Waals surface area contributed by atoms with E-state index < -0.39 is 4.92 Å². The number of amides is 1. The first-order chi connectivity index (χ1) is 8.66. The average molecular weight is 263 g/mol. The Morgan fingerprint density at radius 1 is 1.22 bits per heavy atom. The van der Waals surface area contributed by atoms with Crippen molar-refractivity contribution in [1.82, 2.24) is 5.43 Å². The predicted molar refractivity (Wildman–Crippen MR) is 68.5 cm³/mol. The number of carbonyl (C=O) groups excluding carboxylic acids is 1. The molecule has 1 heterocycles. The summed E-state index contributed by atoms with van der Waals surface area (Å²) in [5, 5.41) is 12.3. The molecule has 2 aromatic rings. The highest BCUT2D eigenvalue weighted by molar-refractivity contribution is 7.12. The number of nitrogens with zero attached hydrogens (tertiary/aromatic N) is 1. The molecule has 0 spiro atoms. The molecule has 0 saturated heterocycles. The minimum Gasteiger partial charge on any atom is -0.298 e. The Morgan fingerprint density at radius 2 is 1.94 bits per heavy atom. The molecule has 0 bridgehead atoms. The third-order valence-electron chi connectivity index (χ3n) is 2.14. The van der Waals surface area contributed by atoms with Gasteiger partial charge in [-0.3, -0.25) is 25.8 Å². The lowest BCUT2D eigenvalue weighted by molar-refractivity contribution is -0.384. The fraction of sp³-hybridized carbons (Fsp3) is 0. The number of hydrogen-bond donors (Lipinski definition) is 2. The summed E-state index contributed by atoms with van der Waals surface area (Å²) in [6.07, 6.45) is 0. The molecule has 2 rings (SSSR count). The molecule has 2 N–H and O–H groups in total. The van der Waals surface area contributed by atoms with Crippen molar-refractivity contribution in [1.29, 1.82) is 0 Å². The quantitative estimate of drug-likeness (QED) is 0.655. The van der Waals surface area contributed by atoms with Crippen LogP contribution in [0.4, 0.5) is 11.4 Å². The maximum atomic E-state index is 11.6. The van der Waals surface area contributed by atoms with Crippen molar-refractivity contribution in [3.63, 3.8) is 0 Å². The molecule has 0 unspecified atom stereocenters. The van der Waals surface area contributed by atoms with E-state index in [4.69, 9.17) is 0 Å². The Morgan fingerprint density at radius 3 is 2.50 bits per heavy atom. The van der Waals surface area contributed by atoms with E-state index >= 15 is 0 Å². The molecule has 0 radical (unpaired) electrons. The molecule has 1 amide bonds. The SMILES string of the molecule is O=C(NNc1ccc([N+](=O)[O-])cc1)c1cccs1. The smallest absolute Gasteiger partial charge is 0.279 e. The zero-order chi connectivity index (χ0) is 13.0. The van der Waals surface area contributed by atoms with Crippen LogP contribution in [0.1, 0.15) is 9.67 Å². The molecule has 92 valence electrons. The third kappa shape index (κ3) is 2.83. The monoisotopic (exact) mass is 263 g/mol. The maximum absolute atomic E-state index is 11.6. The van der Waals surface area contributed by atoms with Gasteiger partial charge in [0.1, 0.15) is 0 Å². The van der Waals surface area contributed by atoms with E-state index in [9.17, 15) is 14.9 Å². The second-order valence-electron chi connectivity index (χ2n) is 3.36. The molecule has 1 aromatic carbocycles. The van der Waals surface area contributed by atoms with E-state index in [-0.39, 0.29) is 11.6 Å². The van der Waals surface area contributed by atoms with Crippen LogP contribution in [0.2, 0.25) is 0 Å². The number of benzene rings is 1. The number of nitro benzene ring substituents is 1. The lowest BCUT2D eigenvalue weighted by atomic mass is 10.3. The molecule has 0 atom stereocenters. The summed E-state index contributed by atoms with van der Waals surface area (Å²) >= 11 is 1.33. The number of non-ortho nitro benzene ring substituents is 1. The lowest BCUT2D eigenvalue weighted by Gasteiger charge is -2.06. The number of hydrogen-bond acceptors (Lipinski definition) is 5. The minimum atomic E-state index is -0.478. The number of nitrogens with one attached hydrogen (secondary N) is 2. The van der Waals surface area contributed by atoms with E-state index in [1.807, 2.05) is 0 Å². The summed E-state index contributed by atoms with van der Waals surface area (Å²) in [5.41, 5.74) is 5.76. The molecule has 0 saturated carbocycles. The minimum absolute atomic E-state index is 0.00475. The van der Waals surface area contributed by atoms with Gasteiger partial charge in [-0.25, -0.2) is 0 Å². The maximum Gasteiger partial charge on any atom is 0.279 e. The van der Waals surface area contributed by atoms with E-state index in [0.717, 1.165) is 0 Å². The van der Waals surface area contributed by atoms with Crippen molar-refractivity contribution in [2.45, 2.75) is 0 Å². The van der Waals surface area contributed by atoms with Gasteiger partial charge in [0.25, 0.3) is 11.6 Å². The number of nitro groups is 1. The van der Waals surface area contributed by atoms with Crippen molar-refractivity contribution in [3.05, 3.63) is 56.8 Å². The van der Waals surface area contributed by atoms with Crippen LogP contribution in [0.3, 0.4) is 0 Å². The zero-order valence-electron chi connectivity index (χ0n) is 9.12. The van der Waals surface area contributed by atoms with E-state index in [2.05, 4.69) is 10.9 Å². The van der Waals surface area contributed by atoms with Gasteiger partial charge in [-0.05, 0) is 23.6 Å². The molecule has 18 heavy (non-hydrogen) atoms. The van der Waals surface area contributed by atoms with Crippen LogP contribution in [0.15, 0.2) is 41.8 Å². The summed E-state index contributed by atoms with van der Waals surface area (Å²) in [6, 6.07) is 9.25. The molecule has 0 aliphatic heterocycles.